The second kappa shape index (κ2) is 8.50. The van der Waals surface area contributed by atoms with Crippen LogP contribution in [0.2, 0.25) is 0 Å². The number of aromatic nitrogens is 1. The van der Waals surface area contributed by atoms with Gasteiger partial charge in [-0.1, -0.05) is 19.0 Å². The highest BCUT2D eigenvalue weighted by atomic mass is 127. The minimum Gasteiger partial charge on any atom is -0.359 e. The molecule has 1 heterocycles. The topological polar surface area (TPSA) is 96.6 Å². The van der Waals surface area contributed by atoms with Gasteiger partial charge in [0.2, 0.25) is 0 Å². The Morgan fingerprint density at radius 1 is 1.42 bits per heavy atom. The second-order valence-corrected chi connectivity index (χ2v) is 8.86. The Hall–Kier alpha value is -0.840. The van der Waals surface area contributed by atoms with Crippen LogP contribution in [0.3, 0.4) is 0 Å². The van der Waals surface area contributed by atoms with Gasteiger partial charge in [0, 0.05) is 31.3 Å². The first-order chi connectivity index (χ1) is 10.7. The van der Waals surface area contributed by atoms with E-state index in [1.807, 2.05) is 6.07 Å². The van der Waals surface area contributed by atoms with Crippen molar-refractivity contribution in [1.82, 2.24) is 15.8 Å². The molecule has 1 saturated carbocycles. The van der Waals surface area contributed by atoms with Gasteiger partial charge in [0.15, 0.2) is 11.7 Å². The van der Waals surface area contributed by atoms with Crippen molar-refractivity contribution in [2.24, 2.45) is 10.4 Å². The molecule has 138 valence electrons. The number of guanidine groups is 1. The predicted molar refractivity (Wildman–Crippen MR) is 106 cm³/mol. The van der Waals surface area contributed by atoms with Crippen molar-refractivity contribution in [3.8, 4) is 0 Å². The minimum absolute atomic E-state index is 0. The third-order valence-corrected chi connectivity index (χ3v) is 5.12. The van der Waals surface area contributed by atoms with Gasteiger partial charge < -0.3 is 15.2 Å². The highest BCUT2D eigenvalue weighted by Crippen LogP contribution is 2.45. The number of nitrogens with one attached hydrogen (secondary N) is 2. The number of aliphatic imine (C=N–C) groups is 1. The Morgan fingerprint density at radius 2 is 2.08 bits per heavy atom. The Kier molecular flexibility index (Phi) is 7.51. The molecule has 0 saturated heterocycles. The van der Waals surface area contributed by atoms with Crippen LogP contribution in [0.15, 0.2) is 15.6 Å². The maximum atomic E-state index is 11.5. The van der Waals surface area contributed by atoms with Crippen molar-refractivity contribution in [2.45, 2.75) is 39.2 Å². The lowest BCUT2D eigenvalue weighted by atomic mass is 10.1. The molecule has 0 radical (unpaired) electrons. The van der Waals surface area contributed by atoms with Crippen molar-refractivity contribution >= 4 is 39.8 Å². The molecule has 0 amide bonds. The van der Waals surface area contributed by atoms with E-state index in [1.54, 1.807) is 7.05 Å². The Bertz CT molecular complexity index is 666. The van der Waals surface area contributed by atoms with Crippen LogP contribution in [0.5, 0.6) is 0 Å². The summed E-state index contributed by atoms with van der Waals surface area (Å²) >= 11 is 0. The minimum atomic E-state index is -2.96. The quantitative estimate of drug-likeness (QED) is 0.359. The summed E-state index contributed by atoms with van der Waals surface area (Å²) in [6.45, 7) is 5.21. The second-order valence-electron chi connectivity index (χ2n) is 6.72. The summed E-state index contributed by atoms with van der Waals surface area (Å²) in [4.78, 5) is 4.16. The van der Waals surface area contributed by atoms with Crippen molar-refractivity contribution in [1.29, 1.82) is 0 Å². The molecule has 0 aliphatic heterocycles. The van der Waals surface area contributed by atoms with Crippen LogP contribution in [0.1, 0.15) is 44.1 Å². The van der Waals surface area contributed by atoms with E-state index < -0.39 is 9.84 Å². The van der Waals surface area contributed by atoms with E-state index in [2.05, 4.69) is 34.6 Å². The summed E-state index contributed by atoms with van der Waals surface area (Å²) in [6.07, 6.45) is 3.16. The zero-order valence-corrected chi connectivity index (χ0v) is 17.8. The fourth-order valence-corrected chi connectivity index (χ4v) is 3.96. The molecule has 0 aromatic carbocycles. The molecule has 2 N–H and O–H groups in total. The summed E-state index contributed by atoms with van der Waals surface area (Å²) in [5, 5.41) is 10.4. The van der Waals surface area contributed by atoms with E-state index in [0.29, 0.717) is 25.0 Å². The van der Waals surface area contributed by atoms with Gasteiger partial charge in [-0.2, -0.15) is 0 Å². The zero-order chi connectivity index (χ0) is 17.1. The molecule has 0 unspecified atom stereocenters. The van der Waals surface area contributed by atoms with Crippen molar-refractivity contribution in [3.63, 3.8) is 0 Å². The Labute approximate surface area is 161 Å². The van der Waals surface area contributed by atoms with E-state index in [4.69, 9.17) is 4.52 Å². The number of nitrogens with zero attached hydrogens (tertiary/aromatic N) is 2. The third-order valence-electron chi connectivity index (χ3n) is 3.98. The van der Waals surface area contributed by atoms with E-state index in [0.717, 1.165) is 24.3 Å². The van der Waals surface area contributed by atoms with Gasteiger partial charge in [0.25, 0.3) is 0 Å². The van der Waals surface area contributed by atoms with E-state index in [9.17, 15) is 8.42 Å². The number of hydrogen-bond donors (Lipinski definition) is 2. The summed E-state index contributed by atoms with van der Waals surface area (Å²) in [5.41, 5.74) is 0.789. The fraction of sp³-hybridized carbons (Fsp3) is 0.733. The molecule has 1 fully saturated rings. The monoisotopic (exact) mass is 470 g/mol. The molecule has 9 heteroatoms. The first-order valence-electron chi connectivity index (χ1n) is 7.81. The van der Waals surface area contributed by atoms with E-state index in [1.165, 1.54) is 6.26 Å². The highest BCUT2D eigenvalue weighted by molar-refractivity contribution is 14.0. The van der Waals surface area contributed by atoms with Gasteiger partial charge in [-0.3, -0.25) is 4.99 Å². The van der Waals surface area contributed by atoms with Gasteiger partial charge >= 0.3 is 0 Å². The maximum absolute atomic E-state index is 11.5. The largest absolute Gasteiger partial charge is 0.359 e. The Morgan fingerprint density at radius 3 is 2.54 bits per heavy atom. The molecule has 0 atom stereocenters. The Balaban J connectivity index is 0.00000288. The standard InChI is InChI=1S/C15H26N4O3S.HI/c1-11(2)13-7-12(22-19-13)8-17-14(16-3)18-9-15(5-6-15)10-23(4,20)21;/h7,11H,5-6,8-10H2,1-4H3,(H2,16,17,18);1H. The summed E-state index contributed by atoms with van der Waals surface area (Å²) in [6, 6.07) is 1.93. The molecule has 1 aliphatic carbocycles. The summed E-state index contributed by atoms with van der Waals surface area (Å²) in [5.74, 6) is 1.93. The van der Waals surface area contributed by atoms with E-state index in [-0.39, 0.29) is 35.1 Å². The summed E-state index contributed by atoms with van der Waals surface area (Å²) in [7, 11) is -1.27. The number of halogens is 1. The van der Waals surface area contributed by atoms with Crippen LogP contribution in [-0.2, 0) is 16.4 Å². The van der Waals surface area contributed by atoms with E-state index >= 15 is 0 Å². The molecular formula is C15H27IN4O3S. The van der Waals surface area contributed by atoms with Crippen LogP contribution < -0.4 is 10.6 Å². The van der Waals surface area contributed by atoms with Crippen LogP contribution >= 0.6 is 24.0 Å². The molecule has 2 rings (SSSR count). The number of hydrogen-bond acceptors (Lipinski definition) is 5. The first-order valence-corrected chi connectivity index (χ1v) is 9.87. The smallest absolute Gasteiger partial charge is 0.191 e. The molecule has 0 bridgehead atoms. The van der Waals surface area contributed by atoms with Crippen LogP contribution in [0.4, 0.5) is 0 Å². The van der Waals surface area contributed by atoms with Gasteiger partial charge in [-0.15, -0.1) is 24.0 Å². The van der Waals surface area contributed by atoms with Gasteiger partial charge in [-0.25, -0.2) is 8.42 Å². The normalized spacial score (nSPS) is 16.6. The van der Waals surface area contributed by atoms with Gasteiger partial charge in [0.05, 0.1) is 18.0 Å². The average Bonchev–Trinajstić information content (AvgIpc) is 3.01. The fourth-order valence-electron chi connectivity index (χ4n) is 2.45. The lowest BCUT2D eigenvalue weighted by Gasteiger charge is -2.17. The summed E-state index contributed by atoms with van der Waals surface area (Å²) < 4.78 is 28.2. The molecule has 1 aromatic heterocycles. The average molecular weight is 470 g/mol. The lowest BCUT2D eigenvalue weighted by Crippen LogP contribution is -2.41. The zero-order valence-electron chi connectivity index (χ0n) is 14.6. The SMILES string of the molecule is CN=C(NCc1cc(C(C)C)no1)NCC1(CS(C)(=O)=O)CC1.I. The first kappa shape index (κ1) is 21.2. The third kappa shape index (κ3) is 6.58. The molecule has 7 nitrogen and oxygen atoms in total. The maximum Gasteiger partial charge on any atom is 0.191 e. The van der Waals surface area contributed by atoms with Crippen LogP contribution in [-0.4, -0.2) is 45.1 Å². The predicted octanol–water partition coefficient (Wildman–Crippen LogP) is 1.91. The molecule has 1 aromatic rings. The van der Waals surface area contributed by atoms with Gasteiger partial charge in [0.1, 0.15) is 9.84 Å². The van der Waals surface area contributed by atoms with Crippen molar-refractivity contribution in [2.75, 3.05) is 25.6 Å². The number of sulfone groups is 1. The van der Waals surface area contributed by atoms with Crippen LogP contribution in [0.25, 0.3) is 0 Å². The molecule has 0 spiro atoms. The van der Waals surface area contributed by atoms with Crippen LogP contribution in [0, 0.1) is 5.41 Å². The van der Waals surface area contributed by atoms with Gasteiger partial charge in [-0.05, 0) is 18.8 Å². The van der Waals surface area contributed by atoms with Crippen molar-refractivity contribution < 1.29 is 12.9 Å². The lowest BCUT2D eigenvalue weighted by molar-refractivity contribution is 0.371. The molecule has 1 aliphatic rings. The number of rotatable bonds is 7. The molecular weight excluding hydrogens is 443 g/mol. The highest BCUT2D eigenvalue weighted by Gasteiger charge is 2.45. The molecule has 24 heavy (non-hydrogen) atoms. The van der Waals surface area contributed by atoms with Crippen molar-refractivity contribution in [3.05, 3.63) is 17.5 Å².